The molecule has 0 N–H and O–H groups in total. The minimum absolute atomic E-state index is 0.135. The molecule has 0 aliphatic carbocycles. The number of aryl methyl sites for hydroxylation is 2. The average Bonchev–Trinajstić information content (AvgIpc) is 2.98. The van der Waals surface area contributed by atoms with Crippen LogP contribution in [0, 0.1) is 24.0 Å². The van der Waals surface area contributed by atoms with Gasteiger partial charge >= 0.3 is 0 Å². The zero-order valence-corrected chi connectivity index (χ0v) is 14.0. The number of aromatic nitrogens is 1. The molecule has 1 aromatic heterocycles. The number of aliphatic imine (C=N–C) groups is 1. The molecule has 2 aromatic carbocycles. The lowest BCUT2D eigenvalue weighted by atomic mass is 10.1. The maximum atomic E-state index is 11.2. The number of isothiocyanates is 1. The third-order valence-electron chi connectivity index (χ3n) is 3.56. The molecule has 0 saturated heterocycles. The second-order valence-corrected chi connectivity index (χ2v) is 6.22. The lowest BCUT2D eigenvalue weighted by Crippen LogP contribution is -1.93. The molecule has 0 bridgehead atoms. The number of nitro groups is 1. The largest absolute Gasteiger partial charge is 0.274 e. The van der Waals surface area contributed by atoms with Gasteiger partial charge in [0, 0.05) is 17.2 Å². The van der Waals surface area contributed by atoms with Crippen molar-refractivity contribution in [3.63, 3.8) is 0 Å². The van der Waals surface area contributed by atoms with Gasteiger partial charge in [0.25, 0.3) is 5.69 Å². The van der Waals surface area contributed by atoms with Gasteiger partial charge in [-0.25, -0.2) is 4.98 Å². The van der Waals surface area contributed by atoms with Crippen molar-refractivity contribution in [1.29, 1.82) is 0 Å². The van der Waals surface area contributed by atoms with Crippen LogP contribution in [-0.2, 0) is 0 Å². The molecule has 0 amide bonds. The number of thiazole rings is 1. The Morgan fingerprint density at radius 2 is 2.00 bits per heavy atom. The number of nitrogens with zero attached hydrogens (tertiary/aromatic N) is 3. The number of hydrogen-bond donors (Lipinski definition) is 0. The first-order chi connectivity index (χ1) is 11.0. The highest BCUT2D eigenvalue weighted by Gasteiger charge is 2.19. The smallest absolute Gasteiger partial charge is 0.258 e. The summed E-state index contributed by atoms with van der Waals surface area (Å²) in [6, 6.07) is 9.06. The van der Waals surface area contributed by atoms with E-state index in [-0.39, 0.29) is 10.6 Å². The molecule has 0 saturated carbocycles. The summed E-state index contributed by atoms with van der Waals surface area (Å²) >= 11 is 6.04. The van der Waals surface area contributed by atoms with Crippen molar-refractivity contribution >= 4 is 50.3 Å². The second-order valence-electron chi connectivity index (χ2n) is 5.04. The topological polar surface area (TPSA) is 68.4 Å². The first-order valence-electron chi connectivity index (χ1n) is 6.74. The molecule has 7 heteroatoms. The van der Waals surface area contributed by atoms with Crippen LogP contribution in [0.3, 0.4) is 0 Å². The van der Waals surface area contributed by atoms with Crippen molar-refractivity contribution in [3.05, 3.63) is 51.6 Å². The van der Waals surface area contributed by atoms with Crippen molar-refractivity contribution in [2.75, 3.05) is 0 Å². The fourth-order valence-corrected chi connectivity index (χ4v) is 3.63. The molecule has 0 fully saturated rings. The lowest BCUT2D eigenvalue weighted by Gasteiger charge is -2.00. The normalized spacial score (nSPS) is 10.5. The van der Waals surface area contributed by atoms with Gasteiger partial charge in [0.1, 0.15) is 5.01 Å². The number of benzene rings is 2. The monoisotopic (exact) mass is 341 g/mol. The first kappa shape index (κ1) is 15.4. The summed E-state index contributed by atoms with van der Waals surface area (Å²) in [6.45, 7) is 3.61. The van der Waals surface area contributed by atoms with E-state index in [9.17, 15) is 10.1 Å². The zero-order chi connectivity index (χ0) is 16.6. The molecule has 0 radical (unpaired) electrons. The van der Waals surface area contributed by atoms with Crippen molar-refractivity contribution in [3.8, 4) is 10.6 Å². The predicted molar refractivity (Wildman–Crippen MR) is 95.9 cm³/mol. The Morgan fingerprint density at radius 1 is 1.30 bits per heavy atom. The molecule has 0 aliphatic rings. The number of fused-ring (bicyclic) bond motifs is 1. The van der Waals surface area contributed by atoms with Crippen LogP contribution in [-0.4, -0.2) is 15.1 Å². The van der Waals surface area contributed by atoms with Crippen LogP contribution in [0.2, 0.25) is 0 Å². The van der Waals surface area contributed by atoms with Crippen LogP contribution in [0.5, 0.6) is 0 Å². The molecular weight excluding hydrogens is 330 g/mol. The standard InChI is InChI=1S/C16H11N3O2S2/c1-9-7-13(19(20)21)10(2)15-14(9)18-16(23-15)11-3-5-12(6-4-11)17-8-22/h3-7H,1-2H3. The minimum Gasteiger partial charge on any atom is -0.258 e. The van der Waals surface area contributed by atoms with Crippen LogP contribution in [0.15, 0.2) is 35.3 Å². The second kappa shape index (κ2) is 5.96. The quantitative estimate of drug-likeness (QED) is 0.283. The summed E-state index contributed by atoms with van der Waals surface area (Å²) in [5, 5.41) is 14.3. The van der Waals surface area contributed by atoms with Gasteiger partial charge in [0.15, 0.2) is 0 Å². The maximum Gasteiger partial charge on any atom is 0.274 e. The summed E-state index contributed by atoms with van der Waals surface area (Å²) in [6.07, 6.45) is 0. The van der Waals surface area contributed by atoms with Gasteiger partial charge in [-0.05, 0) is 55.9 Å². The van der Waals surface area contributed by atoms with E-state index < -0.39 is 0 Å². The SMILES string of the molecule is Cc1cc([N+](=O)[O-])c(C)c2sc(-c3ccc(N=C=S)cc3)nc12. The Morgan fingerprint density at radius 3 is 2.61 bits per heavy atom. The van der Waals surface area contributed by atoms with Crippen molar-refractivity contribution in [2.24, 2.45) is 4.99 Å². The van der Waals surface area contributed by atoms with Gasteiger partial charge in [-0.1, -0.05) is 0 Å². The van der Waals surface area contributed by atoms with Gasteiger partial charge in [-0.15, -0.1) is 11.3 Å². The number of hydrogen-bond acceptors (Lipinski definition) is 6. The average molecular weight is 341 g/mol. The van der Waals surface area contributed by atoms with Crippen molar-refractivity contribution in [1.82, 2.24) is 4.98 Å². The summed E-state index contributed by atoms with van der Waals surface area (Å²) in [5.74, 6) is 0. The molecule has 3 aromatic rings. The van der Waals surface area contributed by atoms with Gasteiger partial charge in [-0.3, -0.25) is 10.1 Å². The highest BCUT2D eigenvalue weighted by atomic mass is 32.1. The Kier molecular flexibility index (Phi) is 4.00. The third kappa shape index (κ3) is 2.77. The van der Waals surface area contributed by atoms with Crippen molar-refractivity contribution < 1.29 is 4.92 Å². The summed E-state index contributed by atoms with van der Waals surface area (Å²) in [7, 11) is 0. The van der Waals surface area contributed by atoms with Gasteiger partial charge < -0.3 is 0 Å². The Labute approximate surface area is 141 Å². The fraction of sp³-hybridized carbons (Fsp3) is 0.125. The molecule has 23 heavy (non-hydrogen) atoms. The van der Waals surface area contributed by atoms with E-state index >= 15 is 0 Å². The molecule has 1 heterocycles. The van der Waals surface area contributed by atoms with Crippen LogP contribution >= 0.6 is 23.6 Å². The van der Waals surface area contributed by atoms with Gasteiger partial charge in [0.2, 0.25) is 0 Å². The Hall–Kier alpha value is -2.47. The minimum atomic E-state index is -0.348. The van der Waals surface area contributed by atoms with E-state index in [1.807, 2.05) is 31.2 Å². The highest BCUT2D eigenvalue weighted by molar-refractivity contribution is 7.78. The molecule has 5 nitrogen and oxygen atoms in total. The van der Waals surface area contributed by atoms with E-state index in [0.29, 0.717) is 5.56 Å². The van der Waals surface area contributed by atoms with Gasteiger partial charge in [0.05, 0.1) is 26.0 Å². The van der Waals surface area contributed by atoms with E-state index in [1.165, 1.54) is 11.3 Å². The summed E-state index contributed by atoms with van der Waals surface area (Å²) in [5.41, 5.74) is 4.08. The van der Waals surface area contributed by atoms with Crippen LogP contribution in [0.1, 0.15) is 11.1 Å². The molecule has 0 atom stereocenters. The highest BCUT2D eigenvalue weighted by Crippen LogP contribution is 2.37. The molecule has 114 valence electrons. The third-order valence-corrected chi connectivity index (χ3v) is 4.88. The maximum absolute atomic E-state index is 11.2. The molecule has 3 rings (SSSR count). The fourth-order valence-electron chi connectivity index (χ4n) is 2.38. The zero-order valence-electron chi connectivity index (χ0n) is 12.4. The van der Waals surface area contributed by atoms with E-state index in [4.69, 9.17) is 0 Å². The van der Waals surface area contributed by atoms with Crippen LogP contribution < -0.4 is 0 Å². The van der Waals surface area contributed by atoms with E-state index in [1.54, 1.807) is 13.0 Å². The Balaban J connectivity index is 2.16. The number of thiocarbonyl (C=S) groups is 1. The first-order valence-corrected chi connectivity index (χ1v) is 7.97. The van der Waals surface area contributed by atoms with E-state index in [2.05, 4.69) is 27.4 Å². The lowest BCUT2D eigenvalue weighted by molar-refractivity contribution is -0.385. The van der Waals surface area contributed by atoms with Crippen LogP contribution in [0.4, 0.5) is 11.4 Å². The number of nitro benzene ring substituents is 1. The van der Waals surface area contributed by atoms with Gasteiger partial charge in [-0.2, -0.15) is 4.99 Å². The molecule has 0 spiro atoms. The van der Waals surface area contributed by atoms with Crippen LogP contribution in [0.25, 0.3) is 20.8 Å². The van der Waals surface area contributed by atoms with Crippen molar-refractivity contribution in [2.45, 2.75) is 13.8 Å². The molecule has 0 unspecified atom stereocenters. The summed E-state index contributed by atoms with van der Waals surface area (Å²) < 4.78 is 0.854. The Bertz CT molecular complexity index is 971. The van der Waals surface area contributed by atoms with E-state index in [0.717, 1.165) is 32.0 Å². The number of rotatable bonds is 3. The molecular formula is C16H11N3O2S2. The predicted octanol–water partition coefficient (Wildman–Crippen LogP) is 5.22. The summed E-state index contributed by atoms with van der Waals surface area (Å²) in [4.78, 5) is 19.4. The molecule has 0 aliphatic heterocycles.